The van der Waals surface area contributed by atoms with E-state index < -0.39 is 15.9 Å². The summed E-state index contributed by atoms with van der Waals surface area (Å²) in [7, 11) is -0.667. The number of imidazole rings is 1. The Kier molecular flexibility index (Phi) is 6.43. The Morgan fingerprint density at radius 1 is 1.24 bits per heavy atom. The minimum absolute atomic E-state index is 0.0120. The van der Waals surface area contributed by atoms with Crippen LogP contribution in [0, 0.1) is 5.92 Å². The number of aryl methyl sites for hydroxylation is 1. The zero-order valence-corrected chi connectivity index (χ0v) is 17.6. The van der Waals surface area contributed by atoms with E-state index in [1.165, 1.54) is 31.0 Å². The Morgan fingerprint density at radius 3 is 2.52 bits per heavy atom. The van der Waals surface area contributed by atoms with Crippen molar-refractivity contribution in [1.82, 2.24) is 13.9 Å². The van der Waals surface area contributed by atoms with Gasteiger partial charge in [0.2, 0.25) is 5.91 Å². The molecular formula is C19H26N4O5S. The van der Waals surface area contributed by atoms with Crippen molar-refractivity contribution >= 4 is 21.6 Å². The first-order chi connectivity index (χ1) is 13.9. The fourth-order valence-corrected chi connectivity index (χ4v) is 4.74. The van der Waals surface area contributed by atoms with Gasteiger partial charge in [-0.2, -0.15) is 4.31 Å². The molecule has 1 aromatic carbocycles. The molecule has 158 valence electrons. The second-order valence-electron chi connectivity index (χ2n) is 6.84. The molecule has 1 atom stereocenters. The van der Waals surface area contributed by atoms with Gasteiger partial charge < -0.3 is 19.4 Å². The van der Waals surface area contributed by atoms with E-state index in [9.17, 15) is 13.2 Å². The van der Waals surface area contributed by atoms with E-state index in [2.05, 4.69) is 10.3 Å². The molecule has 1 amide bonds. The van der Waals surface area contributed by atoms with Gasteiger partial charge in [0.1, 0.15) is 11.5 Å². The topological polar surface area (TPSA) is 103 Å². The number of nitrogens with zero attached hydrogens (tertiary/aromatic N) is 3. The molecule has 0 unspecified atom stereocenters. The van der Waals surface area contributed by atoms with Crippen LogP contribution >= 0.6 is 0 Å². The number of piperidine rings is 1. The number of hydrogen-bond acceptors (Lipinski definition) is 6. The molecule has 0 bridgehead atoms. The minimum Gasteiger partial charge on any atom is -0.497 e. The first kappa shape index (κ1) is 21.1. The summed E-state index contributed by atoms with van der Waals surface area (Å²) >= 11 is 0. The first-order valence-electron chi connectivity index (χ1n) is 9.43. The van der Waals surface area contributed by atoms with E-state index in [1.807, 2.05) is 6.92 Å². The summed E-state index contributed by atoms with van der Waals surface area (Å²) in [6.45, 7) is 3.04. The Labute approximate surface area is 170 Å². The molecule has 1 aromatic heterocycles. The van der Waals surface area contributed by atoms with Gasteiger partial charge >= 0.3 is 0 Å². The third kappa shape index (κ3) is 4.70. The summed E-state index contributed by atoms with van der Waals surface area (Å²) < 4.78 is 39.3. The van der Waals surface area contributed by atoms with Gasteiger partial charge in [0, 0.05) is 49.7 Å². The average molecular weight is 423 g/mol. The van der Waals surface area contributed by atoms with Gasteiger partial charge in [0.15, 0.2) is 5.03 Å². The second-order valence-corrected chi connectivity index (χ2v) is 8.72. The van der Waals surface area contributed by atoms with Crippen molar-refractivity contribution in [3.05, 3.63) is 30.7 Å². The molecule has 10 heteroatoms. The molecule has 2 heterocycles. The maximum atomic E-state index is 12.9. The molecule has 0 spiro atoms. The fraction of sp³-hybridized carbons (Fsp3) is 0.474. The standard InChI is InChI=1S/C19H26N4O5S/c1-4-22-12-18(20-13-22)29(25,26)23-7-5-6-14(11-23)19(24)21-15-8-16(27-2)10-17(9-15)28-3/h8-10,12-14H,4-7,11H2,1-3H3,(H,21,24)/t14-/m0/s1. The number of rotatable bonds is 7. The molecular weight excluding hydrogens is 396 g/mol. The highest BCUT2D eigenvalue weighted by Crippen LogP contribution is 2.28. The van der Waals surface area contributed by atoms with Gasteiger partial charge in [-0.25, -0.2) is 13.4 Å². The molecule has 1 fully saturated rings. The van der Waals surface area contributed by atoms with Crippen molar-refractivity contribution in [3.63, 3.8) is 0 Å². The normalized spacial score (nSPS) is 17.7. The minimum atomic E-state index is -3.73. The van der Waals surface area contributed by atoms with Gasteiger partial charge in [-0.1, -0.05) is 0 Å². The third-order valence-electron chi connectivity index (χ3n) is 4.95. The van der Waals surface area contributed by atoms with Crippen LogP contribution in [-0.2, 0) is 21.4 Å². The summed E-state index contributed by atoms with van der Waals surface area (Å²) in [5.41, 5.74) is 0.535. The highest BCUT2D eigenvalue weighted by molar-refractivity contribution is 7.89. The predicted molar refractivity (Wildman–Crippen MR) is 108 cm³/mol. The van der Waals surface area contributed by atoms with Crippen molar-refractivity contribution in [1.29, 1.82) is 0 Å². The smallest absolute Gasteiger partial charge is 0.262 e. The van der Waals surface area contributed by atoms with Crippen molar-refractivity contribution in [3.8, 4) is 11.5 Å². The Hall–Kier alpha value is -2.59. The summed E-state index contributed by atoms with van der Waals surface area (Å²) in [6.07, 6.45) is 4.23. The van der Waals surface area contributed by atoms with E-state index >= 15 is 0 Å². The second kappa shape index (κ2) is 8.83. The molecule has 1 saturated heterocycles. The Balaban J connectivity index is 1.72. The number of methoxy groups -OCH3 is 2. The van der Waals surface area contributed by atoms with Crippen molar-refractivity contribution in [2.45, 2.75) is 31.3 Å². The van der Waals surface area contributed by atoms with Gasteiger partial charge in [0.25, 0.3) is 10.0 Å². The lowest BCUT2D eigenvalue weighted by molar-refractivity contribution is -0.120. The van der Waals surface area contributed by atoms with Crippen LogP contribution in [-0.4, -0.2) is 55.5 Å². The number of carbonyl (C=O) groups excluding carboxylic acids is 1. The number of carbonyl (C=O) groups is 1. The quantitative estimate of drug-likeness (QED) is 0.732. The third-order valence-corrected chi connectivity index (χ3v) is 6.70. The molecule has 29 heavy (non-hydrogen) atoms. The van der Waals surface area contributed by atoms with E-state index in [0.717, 1.165) is 0 Å². The largest absolute Gasteiger partial charge is 0.497 e. The van der Waals surface area contributed by atoms with Crippen LogP contribution in [0.2, 0.25) is 0 Å². The molecule has 9 nitrogen and oxygen atoms in total. The SMILES string of the molecule is CCn1cnc(S(=O)(=O)N2CCC[C@H](C(=O)Nc3cc(OC)cc(OC)c3)C2)c1. The van der Waals surface area contributed by atoms with Crippen molar-refractivity contribution < 1.29 is 22.7 Å². The molecule has 0 radical (unpaired) electrons. The van der Waals surface area contributed by atoms with Crippen LogP contribution < -0.4 is 14.8 Å². The number of sulfonamides is 1. The zero-order chi connectivity index (χ0) is 21.0. The number of ether oxygens (including phenoxy) is 2. The van der Waals surface area contributed by atoms with Gasteiger partial charge in [-0.3, -0.25) is 4.79 Å². The Morgan fingerprint density at radius 2 is 1.93 bits per heavy atom. The number of amides is 1. The van der Waals surface area contributed by atoms with Crippen molar-refractivity contribution in [2.24, 2.45) is 5.92 Å². The summed E-state index contributed by atoms with van der Waals surface area (Å²) in [5, 5.41) is 2.86. The average Bonchev–Trinajstić information content (AvgIpc) is 3.23. The molecule has 0 aliphatic carbocycles. The molecule has 0 saturated carbocycles. The predicted octanol–water partition coefficient (Wildman–Crippen LogP) is 1.96. The van der Waals surface area contributed by atoms with Crippen LogP contribution in [0.5, 0.6) is 11.5 Å². The highest BCUT2D eigenvalue weighted by atomic mass is 32.2. The first-order valence-corrected chi connectivity index (χ1v) is 10.9. The Bertz CT molecular complexity index is 950. The zero-order valence-electron chi connectivity index (χ0n) is 16.8. The van der Waals surface area contributed by atoms with Gasteiger partial charge in [-0.05, 0) is 19.8 Å². The lowest BCUT2D eigenvalue weighted by Gasteiger charge is -2.30. The molecule has 1 aliphatic rings. The van der Waals surface area contributed by atoms with Gasteiger partial charge in [0.05, 0.1) is 26.5 Å². The van der Waals surface area contributed by atoms with Crippen LogP contribution in [0.4, 0.5) is 5.69 Å². The monoisotopic (exact) mass is 422 g/mol. The van der Waals surface area contributed by atoms with Crippen LogP contribution in [0.1, 0.15) is 19.8 Å². The maximum Gasteiger partial charge on any atom is 0.262 e. The fourth-order valence-electron chi connectivity index (χ4n) is 3.28. The van der Waals surface area contributed by atoms with Crippen molar-refractivity contribution in [2.75, 3.05) is 32.6 Å². The van der Waals surface area contributed by atoms with Crippen LogP contribution in [0.25, 0.3) is 0 Å². The lowest BCUT2D eigenvalue weighted by atomic mass is 9.98. The lowest BCUT2D eigenvalue weighted by Crippen LogP contribution is -2.43. The number of aromatic nitrogens is 2. The molecule has 3 rings (SSSR count). The summed E-state index contributed by atoms with van der Waals surface area (Å²) in [4.78, 5) is 16.8. The van der Waals surface area contributed by atoms with Crippen LogP contribution in [0.15, 0.2) is 35.7 Å². The van der Waals surface area contributed by atoms with Gasteiger partial charge in [-0.15, -0.1) is 0 Å². The number of benzene rings is 1. The number of anilines is 1. The molecule has 1 aliphatic heterocycles. The van der Waals surface area contributed by atoms with E-state index in [4.69, 9.17) is 9.47 Å². The van der Waals surface area contributed by atoms with Crippen LogP contribution in [0.3, 0.4) is 0 Å². The van der Waals surface area contributed by atoms with E-state index in [-0.39, 0.29) is 17.5 Å². The number of nitrogens with one attached hydrogen (secondary N) is 1. The summed E-state index contributed by atoms with van der Waals surface area (Å²) in [5.74, 6) is 0.418. The number of hydrogen-bond donors (Lipinski definition) is 1. The molecule has 1 N–H and O–H groups in total. The highest BCUT2D eigenvalue weighted by Gasteiger charge is 2.34. The van der Waals surface area contributed by atoms with E-state index in [0.29, 0.717) is 43.1 Å². The molecule has 2 aromatic rings. The summed E-state index contributed by atoms with van der Waals surface area (Å²) in [6, 6.07) is 5.09. The van der Waals surface area contributed by atoms with E-state index in [1.54, 1.807) is 22.8 Å². The maximum absolute atomic E-state index is 12.9.